The number of aromatic nitrogens is 1. The van der Waals surface area contributed by atoms with Crippen molar-refractivity contribution in [2.24, 2.45) is 5.92 Å². The molecule has 0 radical (unpaired) electrons. The molecule has 0 N–H and O–H groups in total. The number of likely N-dealkylation sites (tertiary alicyclic amines) is 1. The third-order valence-corrected chi connectivity index (χ3v) is 3.83. The van der Waals surface area contributed by atoms with Gasteiger partial charge in [0.15, 0.2) is 5.75 Å². The number of halogens is 1. The zero-order valence-electron chi connectivity index (χ0n) is 14.0. The van der Waals surface area contributed by atoms with Crippen LogP contribution in [-0.2, 0) is 4.74 Å². The molecular weight excluding hydrogens is 364 g/mol. The van der Waals surface area contributed by atoms with Gasteiger partial charge >= 0.3 is 6.09 Å². The SMILES string of the molecule is COc1cc(Br)cnc1OC[C@@H]1CCN(C(=O)OC(C)(C)C)C1. The van der Waals surface area contributed by atoms with E-state index in [0.717, 1.165) is 10.9 Å². The Hall–Kier alpha value is -1.50. The van der Waals surface area contributed by atoms with E-state index in [1.54, 1.807) is 18.2 Å². The molecule has 6 nitrogen and oxygen atoms in total. The minimum atomic E-state index is -0.472. The van der Waals surface area contributed by atoms with E-state index in [1.165, 1.54) is 0 Å². The number of methoxy groups -OCH3 is 1. The topological polar surface area (TPSA) is 60.9 Å². The average molecular weight is 387 g/mol. The molecule has 0 bridgehead atoms. The number of rotatable bonds is 4. The van der Waals surface area contributed by atoms with Crippen molar-refractivity contribution in [1.82, 2.24) is 9.88 Å². The largest absolute Gasteiger partial charge is 0.491 e. The van der Waals surface area contributed by atoms with Gasteiger partial charge in [0.2, 0.25) is 0 Å². The molecular formula is C16H23BrN2O4. The summed E-state index contributed by atoms with van der Waals surface area (Å²) in [6.45, 7) is 7.42. The molecule has 0 aliphatic carbocycles. The van der Waals surface area contributed by atoms with Gasteiger partial charge in [0, 0.05) is 35.7 Å². The molecule has 2 heterocycles. The zero-order chi connectivity index (χ0) is 17.0. The normalized spacial score (nSPS) is 18.0. The van der Waals surface area contributed by atoms with Crippen LogP contribution in [0.1, 0.15) is 27.2 Å². The van der Waals surface area contributed by atoms with Crippen LogP contribution in [0.2, 0.25) is 0 Å². The fraction of sp³-hybridized carbons (Fsp3) is 0.625. The van der Waals surface area contributed by atoms with Crippen molar-refractivity contribution in [3.63, 3.8) is 0 Å². The van der Waals surface area contributed by atoms with Gasteiger partial charge in [0.1, 0.15) is 5.60 Å². The molecule has 23 heavy (non-hydrogen) atoms. The van der Waals surface area contributed by atoms with Crippen LogP contribution in [0.4, 0.5) is 4.79 Å². The Morgan fingerprint density at radius 3 is 2.87 bits per heavy atom. The molecule has 1 aromatic rings. The molecule has 7 heteroatoms. The van der Waals surface area contributed by atoms with Gasteiger partial charge in [-0.3, -0.25) is 0 Å². The van der Waals surface area contributed by atoms with E-state index in [2.05, 4.69) is 20.9 Å². The first-order valence-corrected chi connectivity index (χ1v) is 8.38. The highest BCUT2D eigenvalue weighted by Gasteiger charge is 2.30. The summed E-state index contributed by atoms with van der Waals surface area (Å²) in [4.78, 5) is 18.0. The van der Waals surface area contributed by atoms with Gasteiger partial charge < -0.3 is 19.1 Å². The number of hydrogen-bond acceptors (Lipinski definition) is 5. The van der Waals surface area contributed by atoms with Crippen molar-refractivity contribution in [2.45, 2.75) is 32.8 Å². The number of amides is 1. The van der Waals surface area contributed by atoms with E-state index in [0.29, 0.717) is 31.3 Å². The maximum absolute atomic E-state index is 12.0. The highest BCUT2D eigenvalue weighted by atomic mass is 79.9. The van der Waals surface area contributed by atoms with Crippen LogP contribution in [0.25, 0.3) is 0 Å². The number of ether oxygens (including phenoxy) is 3. The van der Waals surface area contributed by atoms with Gasteiger partial charge in [0.05, 0.1) is 13.7 Å². The minimum absolute atomic E-state index is 0.262. The van der Waals surface area contributed by atoms with Crippen molar-refractivity contribution in [1.29, 1.82) is 0 Å². The number of carbonyl (C=O) groups is 1. The lowest BCUT2D eigenvalue weighted by atomic mass is 10.1. The number of pyridine rings is 1. The minimum Gasteiger partial charge on any atom is -0.491 e. The Labute approximate surface area is 145 Å². The van der Waals surface area contributed by atoms with E-state index >= 15 is 0 Å². The van der Waals surface area contributed by atoms with E-state index in [9.17, 15) is 4.79 Å². The van der Waals surface area contributed by atoms with Crippen LogP contribution in [-0.4, -0.2) is 48.4 Å². The van der Waals surface area contributed by atoms with Crippen molar-refractivity contribution in [3.8, 4) is 11.6 Å². The highest BCUT2D eigenvalue weighted by Crippen LogP contribution is 2.28. The Balaban J connectivity index is 1.86. The lowest BCUT2D eigenvalue weighted by Crippen LogP contribution is -2.35. The second kappa shape index (κ2) is 7.38. The standard InChI is InChI=1S/C16H23BrN2O4/c1-16(2,3)23-15(20)19-6-5-11(9-19)10-22-14-13(21-4)7-12(17)8-18-14/h7-8,11H,5-6,9-10H2,1-4H3/t11-/m1/s1. The molecule has 1 fully saturated rings. The van der Waals surface area contributed by atoms with Gasteiger partial charge in [-0.15, -0.1) is 0 Å². The van der Waals surface area contributed by atoms with Crippen molar-refractivity contribution in [3.05, 3.63) is 16.7 Å². The fourth-order valence-corrected chi connectivity index (χ4v) is 2.63. The van der Waals surface area contributed by atoms with Crippen LogP contribution < -0.4 is 9.47 Å². The van der Waals surface area contributed by atoms with Crippen LogP contribution in [0.15, 0.2) is 16.7 Å². The molecule has 1 saturated heterocycles. The molecule has 0 unspecified atom stereocenters. The summed E-state index contributed by atoms with van der Waals surface area (Å²) < 4.78 is 17.2. The second-order valence-corrected chi connectivity index (χ2v) is 7.47. The van der Waals surface area contributed by atoms with Crippen molar-refractivity contribution in [2.75, 3.05) is 26.8 Å². The summed E-state index contributed by atoms with van der Waals surface area (Å²) >= 11 is 3.35. The third-order valence-electron chi connectivity index (χ3n) is 3.40. The first kappa shape index (κ1) is 17.8. The lowest BCUT2D eigenvalue weighted by Gasteiger charge is -2.24. The first-order valence-electron chi connectivity index (χ1n) is 7.59. The van der Waals surface area contributed by atoms with E-state index in [4.69, 9.17) is 14.2 Å². The molecule has 1 aliphatic rings. The van der Waals surface area contributed by atoms with E-state index in [1.807, 2.05) is 26.8 Å². The predicted molar refractivity (Wildman–Crippen MR) is 89.9 cm³/mol. The maximum Gasteiger partial charge on any atom is 0.410 e. The quantitative estimate of drug-likeness (QED) is 0.792. The molecule has 1 amide bonds. The molecule has 1 aliphatic heterocycles. The molecule has 1 atom stereocenters. The van der Waals surface area contributed by atoms with Gasteiger partial charge in [-0.1, -0.05) is 0 Å². The molecule has 0 aromatic carbocycles. The van der Waals surface area contributed by atoms with Crippen LogP contribution in [0, 0.1) is 5.92 Å². The monoisotopic (exact) mass is 386 g/mol. The van der Waals surface area contributed by atoms with Gasteiger partial charge in [-0.05, 0) is 43.1 Å². The first-order chi connectivity index (χ1) is 10.8. The maximum atomic E-state index is 12.0. The summed E-state index contributed by atoms with van der Waals surface area (Å²) in [5.74, 6) is 1.31. The molecule has 2 rings (SSSR count). The van der Waals surface area contributed by atoms with Crippen LogP contribution in [0.3, 0.4) is 0 Å². The molecule has 0 spiro atoms. The Morgan fingerprint density at radius 2 is 2.22 bits per heavy atom. The Bertz CT molecular complexity index is 560. The number of nitrogens with zero attached hydrogens (tertiary/aromatic N) is 2. The van der Waals surface area contributed by atoms with Crippen LogP contribution >= 0.6 is 15.9 Å². The summed E-state index contributed by atoms with van der Waals surface area (Å²) in [5, 5.41) is 0. The number of carbonyl (C=O) groups excluding carboxylic acids is 1. The smallest absolute Gasteiger partial charge is 0.410 e. The number of hydrogen-bond donors (Lipinski definition) is 0. The Morgan fingerprint density at radius 1 is 1.48 bits per heavy atom. The van der Waals surface area contributed by atoms with Crippen molar-refractivity contribution >= 4 is 22.0 Å². The second-order valence-electron chi connectivity index (χ2n) is 6.55. The van der Waals surface area contributed by atoms with E-state index in [-0.39, 0.29) is 12.0 Å². The van der Waals surface area contributed by atoms with Crippen LogP contribution in [0.5, 0.6) is 11.6 Å². The lowest BCUT2D eigenvalue weighted by molar-refractivity contribution is 0.0284. The fourth-order valence-electron chi connectivity index (χ4n) is 2.32. The summed E-state index contributed by atoms with van der Waals surface area (Å²) in [7, 11) is 1.58. The van der Waals surface area contributed by atoms with Gasteiger partial charge in [-0.2, -0.15) is 0 Å². The van der Waals surface area contributed by atoms with Crippen molar-refractivity contribution < 1.29 is 19.0 Å². The third kappa shape index (κ3) is 5.27. The highest BCUT2D eigenvalue weighted by molar-refractivity contribution is 9.10. The molecule has 1 aromatic heterocycles. The van der Waals surface area contributed by atoms with E-state index < -0.39 is 5.60 Å². The summed E-state index contributed by atoms with van der Waals surface area (Å²) in [5.41, 5.74) is -0.472. The summed E-state index contributed by atoms with van der Waals surface area (Å²) in [6.07, 6.45) is 2.29. The summed E-state index contributed by atoms with van der Waals surface area (Å²) in [6, 6.07) is 1.81. The molecule has 128 valence electrons. The zero-order valence-corrected chi connectivity index (χ0v) is 15.6. The molecule has 0 saturated carbocycles. The predicted octanol–water partition coefficient (Wildman–Crippen LogP) is 3.49. The Kier molecular flexibility index (Phi) is 5.73. The van der Waals surface area contributed by atoms with Gasteiger partial charge in [-0.25, -0.2) is 9.78 Å². The van der Waals surface area contributed by atoms with Gasteiger partial charge in [0.25, 0.3) is 5.88 Å². The average Bonchev–Trinajstić information content (AvgIpc) is 2.93.